The molecule has 3 aliphatic rings. The van der Waals surface area contributed by atoms with Gasteiger partial charge in [0.25, 0.3) is 5.91 Å². The normalized spacial score (nSPS) is 14.2. The first-order chi connectivity index (χ1) is 25.8. The highest BCUT2D eigenvalue weighted by molar-refractivity contribution is 6.39. The smallest absolute Gasteiger partial charge is 0.347 e. The highest BCUT2D eigenvalue weighted by Gasteiger charge is 2.35. The van der Waals surface area contributed by atoms with Crippen LogP contribution < -0.4 is 23.7 Å². The van der Waals surface area contributed by atoms with Crippen molar-refractivity contribution < 1.29 is 53.0 Å². The van der Waals surface area contributed by atoms with Gasteiger partial charge in [-0.15, -0.1) is 12.4 Å². The number of hydrogen-bond donors (Lipinski definition) is 2. The fourth-order valence-electron chi connectivity index (χ4n) is 6.10. The van der Waals surface area contributed by atoms with E-state index in [1.165, 1.54) is 33.4 Å². The van der Waals surface area contributed by atoms with E-state index in [1.54, 1.807) is 24.3 Å². The summed E-state index contributed by atoms with van der Waals surface area (Å²) in [5.74, 6) is -0.474. The molecule has 17 heteroatoms. The fourth-order valence-corrected chi connectivity index (χ4v) is 6.69. The van der Waals surface area contributed by atoms with Crippen molar-refractivity contribution in [3.8, 4) is 46.0 Å². The van der Waals surface area contributed by atoms with E-state index in [0.717, 1.165) is 31.1 Å². The zero-order chi connectivity index (χ0) is 38.8. The first kappa shape index (κ1) is 41.4. The highest BCUT2D eigenvalue weighted by atomic mass is 35.5. The SMILES string of the molecule is COC(=O)c1c(C)c2c(c(C)c1O)OC(=O)c1c(C)c(Cl)c(O)c(Cl)c1O2.Cl.O=C(COc1ccc(Cl)cc1)N1CCN(Cc2ccc3c(c2)OCO3)CC1. The predicted octanol–water partition coefficient (Wildman–Crippen LogP) is 7.66. The number of fused-ring (bicyclic) bond motifs is 3. The van der Waals surface area contributed by atoms with Gasteiger partial charge in [-0.1, -0.05) is 40.9 Å². The maximum atomic E-state index is 12.7. The molecule has 0 saturated carbocycles. The first-order valence-corrected chi connectivity index (χ1v) is 17.7. The van der Waals surface area contributed by atoms with Crippen LogP contribution >= 0.6 is 47.2 Å². The van der Waals surface area contributed by atoms with Gasteiger partial charge in [-0.05, 0) is 68.3 Å². The van der Waals surface area contributed by atoms with E-state index in [4.69, 9.17) is 63.2 Å². The Labute approximate surface area is 337 Å². The number of aromatic hydroxyl groups is 2. The summed E-state index contributed by atoms with van der Waals surface area (Å²) in [6, 6.07) is 13.1. The number of benzene rings is 4. The van der Waals surface area contributed by atoms with E-state index in [-0.39, 0.29) is 86.8 Å². The van der Waals surface area contributed by atoms with Crippen molar-refractivity contribution in [1.29, 1.82) is 0 Å². The molecule has 0 aromatic heterocycles. The van der Waals surface area contributed by atoms with Crippen molar-refractivity contribution in [2.24, 2.45) is 0 Å². The third-order valence-electron chi connectivity index (χ3n) is 9.14. The van der Waals surface area contributed by atoms with Gasteiger partial charge in [0.05, 0.1) is 12.1 Å². The lowest BCUT2D eigenvalue weighted by molar-refractivity contribution is -0.135. The number of carbonyl (C=O) groups excluding carboxylic acids is 3. The van der Waals surface area contributed by atoms with E-state index in [9.17, 15) is 24.6 Å². The van der Waals surface area contributed by atoms with Crippen LogP contribution in [-0.4, -0.2) is 84.5 Å². The molecule has 0 aliphatic carbocycles. The molecule has 1 amide bonds. The lowest BCUT2D eigenvalue weighted by Crippen LogP contribution is -2.49. The third-order valence-corrected chi connectivity index (χ3v) is 10.2. The van der Waals surface area contributed by atoms with Crippen LogP contribution in [0, 0.1) is 20.8 Å². The number of amides is 1. The number of piperazine rings is 1. The number of rotatable bonds is 6. The quantitative estimate of drug-likeness (QED) is 0.145. The Bertz CT molecular complexity index is 2140. The van der Waals surface area contributed by atoms with Crippen LogP contribution in [0.2, 0.25) is 15.1 Å². The lowest BCUT2D eigenvalue weighted by atomic mass is 10.0. The molecule has 13 nitrogen and oxygen atoms in total. The van der Waals surface area contributed by atoms with Crippen LogP contribution in [0.4, 0.5) is 0 Å². The van der Waals surface area contributed by atoms with Gasteiger partial charge in [0.15, 0.2) is 41.1 Å². The number of phenols is 2. The fraction of sp³-hybridized carbons (Fsp3) is 0.289. The summed E-state index contributed by atoms with van der Waals surface area (Å²) < 4.78 is 32.2. The maximum absolute atomic E-state index is 12.7. The maximum Gasteiger partial charge on any atom is 0.347 e. The second kappa shape index (κ2) is 17.3. The molecule has 2 N–H and O–H groups in total. The number of esters is 2. The summed E-state index contributed by atoms with van der Waals surface area (Å²) in [6.45, 7) is 8.67. The molecular weight excluding hydrogens is 802 g/mol. The average molecular weight is 839 g/mol. The Hall–Kier alpha value is -4.79. The molecule has 55 heavy (non-hydrogen) atoms. The molecule has 292 valence electrons. The molecule has 3 aliphatic heterocycles. The first-order valence-electron chi connectivity index (χ1n) is 16.6. The van der Waals surface area contributed by atoms with Crippen molar-refractivity contribution in [3.05, 3.63) is 90.9 Å². The molecule has 0 atom stereocenters. The zero-order valence-electron chi connectivity index (χ0n) is 30.0. The third kappa shape index (κ3) is 8.56. The molecule has 4 aromatic carbocycles. The molecule has 0 spiro atoms. The summed E-state index contributed by atoms with van der Waals surface area (Å²) in [6.07, 6.45) is 0. The van der Waals surface area contributed by atoms with Crippen LogP contribution in [0.5, 0.6) is 46.0 Å². The van der Waals surface area contributed by atoms with Crippen molar-refractivity contribution in [2.45, 2.75) is 27.3 Å². The van der Waals surface area contributed by atoms with E-state index < -0.39 is 23.4 Å². The highest BCUT2D eigenvalue weighted by Crippen LogP contribution is 2.52. The number of nitrogens with zero attached hydrogens (tertiary/aromatic N) is 2. The molecular formula is C38H36Cl4N2O11. The van der Waals surface area contributed by atoms with Crippen LogP contribution in [0.15, 0.2) is 42.5 Å². The predicted molar refractivity (Wildman–Crippen MR) is 205 cm³/mol. The van der Waals surface area contributed by atoms with E-state index in [1.807, 2.05) is 17.0 Å². The molecule has 1 saturated heterocycles. The number of ether oxygens (including phenoxy) is 6. The Morgan fingerprint density at radius 1 is 0.800 bits per heavy atom. The summed E-state index contributed by atoms with van der Waals surface area (Å²) in [4.78, 5) is 41.3. The Kier molecular flexibility index (Phi) is 13.0. The van der Waals surface area contributed by atoms with Crippen LogP contribution in [0.25, 0.3) is 0 Å². The summed E-state index contributed by atoms with van der Waals surface area (Å²) in [5, 5.41) is 20.8. The van der Waals surface area contributed by atoms with Crippen molar-refractivity contribution in [2.75, 3.05) is 46.7 Å². The molecule has 0 radical (unpaired) electrons. The molecule has 7 rings (SSSR count). The standard InChI is InChI=1S/C20H21ClN2O4.C18H14Cl2O7.ClH/c21-16-2-4-17(5-3-16)25-13-20(24)23-9-7-22(8-10-23)12-15-1-6-18-19(11-15)27-14-26-18;1-5-9-16(11(20)13(22)10(5)19)26-14-6(2)8(17(23)25-4)12(21)7(3)15(14)27-18(9)24;/h1-6,11H,7-10,12-14H2;21-22H,1-4H3;1H. The van der Waals surface area contributed by atoms with E-state index in [2.05, 4.69) is 11.0 Å². The monoisotopic (exact) mass is 836 g/mol. The van der Waals surface area contributed by atoms with Gasteiger partial charge in [0.1, 0.15) is 27.6 Å². The number of phenolic OH excluding ortho intramolecular Hbond substituents is 2. The van der Waals surface area contributed by atoms with Crippen LogP contribution in [0.3, 0.4) is 0 Å². The van der Waals surface area contributed by atoms with Gasteiger partial charge >= 0.3 is 11.9 Å². The van der Waals surface area contributed by atoms with E-state index >= 15 is 0 Å². The van der Waals surface area contributed by atoms with Gasteiger partial charge in [-0.3, -0.25) is 9.69 Å². The van der Waals surface area contributed by atoms with Crippen molar-refractivity contribution in [1.82, 2.24) is 9.80 Å². The van der Waals surface area contributed by atoms with Crippen LogP contribution in [-0.2, 0) is 16.1 Å². The number of halogens is 4. The molecule has 1 fully saturated rings. The second-order valence-corrected chi connectivity index (χ2v) is 13.7. The van der Waals surface area contributed by atoms with E-state index in [0.29, 0.717) is 23.9 Å². The minimum Gasteiger partial charge on any atom is -0.507 e. The second-order valence-electron chi connectivity index (χ2n) is 12.5. The Balaban J connectivity index is 0.000000207. The lowest BCUT2D eigenvalue weighted by Gasteiger charge is -2.34. The van der Waals surface area contributed by atoms with Gasteiger partial charge in [-0.25, -0.2) is 9.59 Å². The van der Waals surface area contributed by atoms with Gasteiger partial charge in [0.2, 0.25) is 6.79 Å². The van der Waals surface area contributed by atoms with Gasteiger partial charge < -0.3 is 43.5 Å². The number of hydrogen-bond acceptors (Lipinski definition) is 12. The zero-order valence-corrected chi connectivity index (χ0v) is 33.1. The topological polar surface area (TPSA) is 154 Å². The number of carbonyl (C=O) groups is 3. The Morgan fingerprint density at radius 3 is 2.13 bits per heavy atom. The molecule has 0 unspecified atom stereocenters. The minimum atomic E-state index is -0.835. The van der Waals surface area contributed by atoms with Crippen molar-refractivity contribution in [3.63, 3.8) is 0 Å². The molecule has 0 bridgehead atoms. The van der Waals surface area contributed by atoms with Crippen molar-refractivity contribution >= 4 is 65.1 Å². The molecule has 3 heterocycles. The average Bonchev–Trinajstić information content (AvgIpc) is 3.58. The number of methoxy groups -OCH3 is 1. The Morgan fingerprint density at radius 2 is 1.45 bits per heavy atom. The van der Waals surface area contributed by atoms with Gasteiger partial charge in [-0.2, -0.15) is 0 Å². The minimum absolute atomic E-state index is 0. The summed E-state index contributed by atoms with van der Waals surface area (Å²) in [5.41, 5.74) is 1.45. The molecule has 4 aromatic rings. The van der Waals surface area contributed by atoms with Gasteiger partial charge in [0, 0.05) is 48.9 Å². The largest absolute Gasteiger partial charge is 0.507 e. The van der Waals surface area contributed by atoms with Crippen LogP contribution in [0.1, 0.15) is 43.0 Å². The summed E-state index contributed by atoms with van der Waals surface area (Å²) >= 11 is 18.0. The summed E-state index contributed by atoms with van der Waals surface area (Å²) in [7, 11) is 1.17.